The maximum Gasteiger partial charge on any atom is 0.169 e. The van der Waals surface area contributed by atoms with Crippen molar-refractivity contribution in [2.45, 2.75) is 47.1 Å². The standard InChI is InChI=1S/C22H19ClN2O2.C2H6/c1-12-5-4-6-17-19(12)21(15-7-9-16(23)10-8-15)24-18(11-13(2)26)22-20(17)14(3)25-27-22;1-2/h4-10,18H,11H2,1-3H3;1-2H3/t18-;/m0./s1. The number of hydrogen-bond donors (Lipinski definition) is 0. The van der Waals surface area contributed by atoms with Crippen LogP contribution in [0.5, 0.6) is 0 Å². The lowest BCUT2D eigenvalue weighted by molar-refractivity contribution is -0.117. The molecule has 2 heterocycles. The van der Waals surface area contributed by atoms with Crippen molar-refractivity contribution < 1.29 is 9.32 Å². The minimum absolute atomic E-state index is 0.0573. The monoisotopic (exact) mass is 408 g/mol. The molecule has 5 heteroatoms. The predicted molar refractivity (Wildman–Crippen MR) is 118 cm³/mol. The molecule has 1 aromatic heterocycles. The molecule has 0 spiro atoms. The Morgan fingerprint density at radius 2 is 1.76 bits per heavy atom. The summed E-state index contributed by atoms with van der Waals surface area (Å²) in [5.74, 6) is 0.709. The van der Waals surface area contributed by atoms with Gasteiger partial charge >= 0.3 is 0 Å². The molecule has 1 atom stereocenters. The quantitative estimate of drug-likeness (QED) is 0.496. The topological polar surface area (TPSA) is 55.5 Å². The molecule has 1 aliphatic rings. The van der Waals surface area contributed by atoms with Crippen LogP contribution in [0.3, 0.4) is 0 Å². The van der Waals surface area contributed by atoms with Gasteiger partial charge in [-0.1, -0.05) is 60.9 Å². The fourth-order valence-corrected chi connectivity index (χ4v) is 3.77. The zero-order chi connectivity index (χ0) is 21.1. The van der Waals surface area contributed by atoms with Crippen molar-refractivity contribution in [2.24, 2.45) is 4.99 Å². The average Bonchev–Trinajstić information content (AvgIpc) is 3.02. The number of Topliss-reactive ketones (excluding diaryl/α,β-unsaturated/α-hetero) is 1. The van der Waals surface area contributed by atoms with E-state index in [1.54, 1.807) is 6.92 Å². The number of rotatable bonds is 3. The van der Waals surface area contributed by atoms with Crippen LogP contribution < -0.4 is 0 Å². The third-order valence-corrected chi connectivity index (χ3v) is 5.11. The predicted octanol–water partition coefficient (Wildman–Crippen LogP) is 6.51. The van der Waals surface area contributed by atoms with Crippen LogP contribution in [0, 0.1) is 13.8 Å². The van der Waals surface area contributed by atoms with Gasteiger partial charge < -0.3 is 4.52 Å². The minimum Gasteiger partial charge on any atom is -0.358 e. The van der Waals surface area contributed by atoms with Gasteiger partial charge in [-0.15, -0.1) is 0 Å². The normalized spacial score (nSPS) is 14.7. The van der Waals surface area contributed by atoms with Crippen molar-refractivity contribution in [2.75, 3.05) is 0 Å². The summed E-state index contributed by atoms with van der Waals surface area (Å²) >= 11 is 6.08. The SMILES string of the molecule is CC.CC(=O)C[C@@H]1N=C(c2ccc(Cl)cc2)c2c(C)cccc2-c2c(C)noc21. The van der Waals surface area contributed by atoms with E-state index in [1.807, 2.05) is 51.1 Å². The molecule has 0 N–H and O–H groups in total. The first kappa shape index (κ1) is 21.0. The van der Waals surface area contributed by atoms with Gasteiger partial charge in [0.25, 0.3) is 0 Å². The van der Waals surface area contributed by atoms with Crippen molar-refractivity contribution >= 4 is 23.1 Å². The molecule has 4 nitrogen and oxygen atoms in total. The van der Waals surface area contributed by atoms with E-state index in [9.17, 15) is 4.79 Å². The number of halogens is 1. The van der Waals surface area contributed by atoms with Crippen LogP contribution in [0.1, 0.15) is 61.4 Å². The van der Waals surface area contributed by atoms with Crippen LogP contribution in [0.15, 0.2) is 52.0 Å². The van der Waals surface area contributed by atoms with Crippen molar-refractivity contribution in [3.8, 4) is 11.1 Å². The largest absolute Gasteiger partial charge is 0.358 e. The highest BCUT2D eigenvalue weighted by Gasteiger charge is 2.31. The summed E-state index contributed by atoms with van der Waals surface area (Å²) in [4.78, 5) is 16.9. The summed E-state index contributed by atoms with van der Waals surface area (Å²) in [6.07, 6.45) is 0.270. The summed E-state index contributed by atoms with van der Waals surface area (Å²) in [5.41, 5.74) is 6.72. The fourth-order valence-electron chi connectivity index (χ4n) is 3.65. The Morgan fingerprint density at radius 1 is 1.07 bits per heavy atom. The van der Waals surface area contributed by atoms with Gasteiger partial charge in [0, 0.05) is 22.6 Å². The number of hydrogen-bond acceptors (Lipinski definition) is 4. The lowest BCUT2D eigenvalue weighted by atomic mass is 9.90. The Hall–Kier alpha value is -2.72. The van der Waals surface area contributed by atoms with E-state index in [2.05, 4.69) is 24.2 Å². The number of carbonyl (C=O) groups excluding carboxylic acids is 1. The van der Waals surface area contributed by atoms with Crippen LogP contribution in [-0.2, 0) is 4.79 Å². The van der Waals surface area contributed by atoms with Crippen LogP contribution in [0.4, 0.5) is 0 Å². The van der Waals surface area contributed by atoms with Gasteiger partial charge in [-0.3, -0.25) is 9.79 Å². The molecule has 0 fully saturated rings. The first-order valence-electron chi connectivity index (χ1n) is 9.85. The summed E-state index contributed by atoms with van der Waals surface area (Å²) in [5, 5.41) is 4.83. The maximum absolute atomic E-state index is 11.9. The molecule has 3 aromatic rings. The maximum atomic E-state index is 11.9. The third kappa shape index (κ3) is 4.03. The number of aryl methyl sites for hydroxylation is 2. The second-order valence-electron chi connectivity index (χ2n) is 6.91. The van der Waals surface area contributed by atoms with Gasteiger partial charge in [0.1, 0.15) is 11.8 Å². The number of aromatic nitrogens is 1. The molecule has 4 rings (SSSR count). The number of nitrogens with zero attached hydrogens (tertiary/aromatic N) is 2. The zero-order valence-corrected chi connectivity index (χ0v) is 18.2. The number of aliphatic imine (C=N–C) groups is 1. The van der Waals surface area contributed by atoms with E-state index in [1.165, 1.54) is 0 Å². The van der Waals surface area contributed by atoms with Gasteiger partial charge in [-0.25, -0.2) is 0 Å². The molecular weight excluding hydrogens is 384 g/mol. The van der Waals surface area contributed by atoms with Crippen molar-refractivity contribution in [3.63, 3.8) is 0 Å². The van der Waals surface area contributed by atoms with E-state index in [4.69, 9.17) is 21.1 Å². The first-order valence-corrected chi connectivity index (χ1v) is 10.2. The highest BCUT2D eigenvalue weighted by molar-refractivity contribution is 6.30. The molecule has 0 saturated carbocycles. The highest BCUT2D eigenvalue weighted by Crippen LogP contribution is 2.41. The van der Waals surface area contributed by atoms with E-state index in [0.717, 1.165) is 39.2 Å². The Morgan fingerprint density at radius 3 is 2.41 bits per heavy atom. The third-order valence-electron chi connectivity index (χ3n) is 4.85. The lowest BCUT2D eigenvalue weighted by Gasteiger charge is -2.14. The molecular formula is C24H25ClN2O2. The molecule has 0 unspecified atom stereocenters. The molecule has 0 bridgehead atoms. The average molecular weight is 409 g/mol. The summed E-state index contributed by atoms with van der Waals surface area (Å²) in [6.45, 7) is 9.56. The van der Waals surface area contributed by atoms with Gasteiger partial charge in [0.15, 0.2) is 5.76 Å². The van der Waals surface area contributed by atoms with E-state index in [-0.39, 0.29) is 12.2 Å². The zero-order valence-electron chi connectivity index (χ0n) is 17.4. The molecule has 1 aliphatic heterocycles. The van der Waals surface area contributed by atoms with Gasteiger partial charge in [0.2, 0.25) is 0 Å². The lowest BCUT2D eigenvalue weighted by Crippen LogP contribution is -2.09. The fraction of sp³-hybridized carbons (Fsp3) is 0.292. The van der Waals surface area contributed by atoms with Crippen LogP contribution in [0.2, 0.25) is 5.02 Å². The van der Waals surface area contributed by atoms with Crippen LogP contribution in [0.25, 0.3) is 11.1 Å². The number of benzene rings is 2. The molecule has 0 saturated heterocycles. The Bertz CT molecular complexity index is 1060. The first-order chi connectivity index (χ1) is 14.0. The van der Waals surface area contributed by atoms with E-state index < -0.39 is 6.04 Å². The van der Waals surface area contributed by atoms with Crippen molar-refractivity contribution in [1.82, 2.24) is 5.16 Å². The van der Waals surface area contributed by atoms with Gasteiger partial charge in [0.05, 0.1) is 17.0 Å². The van der Waals surface area contributed by atoms with Gasteiger partial charge in [-0.05, 0) is 44.0 Å². The summed E-state index contributed by atoms with van der Waals surface area (Å²) in [6, 6.07) is 13.4. The number of fused-ring (bicyclic) bond motifs is 3. The van der Waals surface area contributed by atoms with Gasteiger partial charge in [-0.2, -0.15) is 0 Å². The van der Waals surface area contributed by atoms with Crippen LogP contribution >= 0.6 is 11.6 Å². The minimum atomic E-state index is -0.406. The van der Waals surface area contributed by atoms with E-state index in [0.29, 0.717) is 10.8 Å². The smallest absolute Gasteiger partial charge is 0.169 e. The van der Waals surface area contributed by atoms with Crippen molar-refractivity contribution in [1.29, 1.82) is 0 Å². The number of ketones is 1. The Labute approximate surface area is 176 Å². The van der Waals surface area contributed by atoms with Crippen molar-refractivity contribution in [3.05, 3.63) is 75.6 Å². The number of carbonyl (C=O) groups is 1. The molecule has 0 amide bonds. The van der Waals surface area contributed by atoms with E-state index >= 15 is 0 Å². The molecule has 0 radical (unpaired) electrons. The Kier molecular flexibility index (Phi) is 6.33. The second kappa shape index (κ2) is 8.75. The Balaban J connectivity index is 0.00000117. The second-order valence-corrected chi connectivity index (χ2v) is 7.35. The molecule has 0 aliphatic carbocycles. The summed E-state index contributed by atoms with van der Waals surface area (Å²) in [7, 11) is 0. The van der Waals surface area contributed by atoms with Crippen LogP contribution in [-0.4, -0.2) is 16.7 Å². The molecule has 2 aromatic carbocycles. The molecule has 150 valence electrons. The summed E-state index contributed by atoms with van der Waals surface area (Å²) < 4.78 is 5.65. The highest BCUT2D eigenvalue weighted by atomic mass is 35.5. The molecule has 29 heavy (non-hydrogen) atoms.